The molecule has 0 spiro atoms. The molecule has 1 aliphatic heterocycles. The summed E-state index contributed by atoms with van der Waals surface area (Å²) in [6.07, 6.45) is 0. The summed E-state index contributed by atoms with van der Waals surface area (Å²) in [7, 11) is 0. The minimum atomic E-state index is -0.550. The van der Waals surface area contributed by atoms with Crippen molar-refractivity contribution in [3.05, 3.63) is 73.8 Å². The largest absolute Gasteiger partial charge is 0.367 e. The van der Waals surface area contributed by atoms with Gasteiger partial charge in [0.1, 0.15) is 6.07 Å². The first-order chi connectivity index (χ1) is 13.4. The third-order valence-electron chi connectivity index (χ3n) is 4.54. The number of nitro groups is 2. The molecule has 1 fully saturated rings. The molecule has 142 valence electrons. The van der Waals surface area contributed by atoms with E-state index in [9.17, 15) is 30.3 Å². The molecule has 0 atom stereocenters. The Morgan fingerprint density at radius 1 is 0.929 bits per heavy atom. The molecule has 0 unspecified atom stereocenters. The van der Waals surface area contributed by atoms with Crippen molar-refractivity contribution >= 4 is 23.0 Å². The molecule has 0 aliphatic carbocycles. The van der Waals surface area contributed by atoms with Crippen LogP contribution in [0.1, 0.15) is 15.9 Å². The maximum Gasteiger partial charge on any atom is 0.270 e. The third kappa shape index (κ3) is 3.73. The number of benzene rings is 2. The summed E-state index contributed by atoms with van der Waals surface area (Å²) in [4.78, 5) is 36.6. The summed E-state index contributed by atoms with van der Waals surface area (Å²) in [6.45, 7) is 1.73. The van der Waals surface area contributed by atoms with Crippen molar-refractivity contribution in [1.29, 1.82) is 5.26 Å². The zero-order chi connectivity index (χ0) is 20.3. The van der Waals surface area contributed by atoms with Crippen LogP contribution in [-0.4, -0.2) is 46.8 Å². The number of nitrogens with zero attached hydrogens (tertiary/aromatic N) is 5. The second kappa shape index (κ2) is 7.71. The van der Waals surface area contributed by atoms with Crippen molar-refractivity contribution < 1.29 is 14.6 Å². The van der Waals surface area contributed by atoms with E-state index in [0.717, 1.165) is 0 Å². The van der Waals surface area contributed by atoms with Gasteiger partial charge in [0.2, 0.25) is 0 Å². The molecular weight excluding hydrogens is 366 g/mol. The van der Waals surface area contributed by atoms with E-state index in [1.165, 1.54) is 36.4 Å². The van der Waals surface area contributed by atoms with Gasteiger partial charge in [-0.3, -0.25) is 25.0 Å². The van der Waals surface area contributed by atoms with Crippen LogP contribution in [0.15, 0.2) is 42.5 Å². The molecule has 1 aliphatic rings. The first kappa shape index (κ1) is 18.8. The average Bonchev–Trinajstić information content (AvgIpc) is 2.72. The van der Waals surface area contributed by atoms with Gasteiger partial charge in [-0.1, -0.05) is 0 Å². The Kier molecular flexibility index (Phi) is 5.17. The number of carbonyl (C=O) groups excluding carboxylic acids is 1. The minimum absolute atomic E-state index is 0.0800. The van der Waals surface area contributed by atoms with Crippen LogP contribution in [0.4, 0.5) is 17.1 Å². The quantitative estimate of drug-likeness (QED) is 0.586. The van der Waals surface area contributed by atoms with Gasteiger partial charge in [-0.25, -0.2) is 0 Å². The lowest BCUT2D eigenvalue weighted by atomic mass is 10.1. The molecule has 0 saturated carbocycles. The normalized spacial score (nSPS) is 13.7. The number of nitro benzene ring substituents is 2. The van der Waals surface area contributed by atoms with E-state index in [1.807, 2.05) is 11.0 Å². The number of non-ortho nitro benzene ring substituents is 2. The van der Waals surface area contributed by atoms with Crippen molar-refractivity contribution in [3.63, 3.8) is 0 Å². The van der Waals surface area contributed by atoms with Crippen molar-refractivity contribution in [2.75, 3.05) is 31.1 Å². The molecule has 0 N–H and O–H groups in total. The highest BCUT2D eigenvalue weighted by Crippen LogP contribution is 2.26. The number of amides is 1. The van der Waals surface area contributed by atoms with Gasteiger partial charge in [-0.2, -0.15) is 5.26 Å². The Morgan fingerprint density at radius 2 is 1.50 bits per heavy atom. The molecular formula is C18H15N5O5. The molecule has 0 bridgehead atoms. The van der Waals surface area contributed by atoms with Crippen LogP contribution in [0.5, 0.6) is 0 Å². The number of piperazine rings is 1. The van der Waals surface area contributed by atoms with Gasteiger partial charge >= 0.3 is 0 Å². The van der Waals surface area contributed by atoms with Crippen LogP contribution in [0, 0.1) is 31.6 Å². The van der Waals surface area contributed by atoms with E-state index in [1.54, 1.807) is 11.0 Å². The summed E-state index contributed by atoms with van der Waals surface area (Å²) in [5.74, 6) is -0.223. The molecule has 28 heavy (non-hydrogen) atoms. The van der Waals surface area contributed by atoms with E-state index in [-0.39, 0.29) is 22.8 Å². The van der Waals surface area contributed by atoms with Crippen LogP contribution in [-0.2, 0) is 0 Å². The van der Waals surface area contributed by atoms with E-state index in [4.69, 9.17) is 0 Å². The second-order valence-electron chi connectivity index (χ2n) is 6.15. The number of hydrogen-bond donors (Lipinski definition) is 0. The molecule has 10 nitrogen and oxygen atoms in total. The van der Waals surface area contributed by atoms with Gasteiger partial charge < -0.3 is 9.80 Å². The van der Waals surface area contributed by atoms with Crippen LogP contribution in [0.2, 0.25) is 0 Å². The van der Waals surface area contributed by atoms with Gasteiger partial charge in [0.05, 0.1) is 21.1 Å². The molecule has 1 heterocycles. The highest BCUT2D eigenvalue weighted by Gasteiger charge is 2.24. The zero-order valence-electron chi connectivity index (χ0n) is 14.6. The zero-order valence-corrected chi connectivity index (χ0v) is 14.6. The Hall–Kier alpha value is -4.00. The Bertz CT molecular complexity index is 975. The lowest BCUT2D eigenvalue weighted by Crippen LogP contribution is -2.49. The maximum absolute atomic E-state index is 12.6. The summed E-state index contributed by atoms with van der Waals surface area (Å²) in [5.41, 5.74) is 0.947. The minimum Gasteiger partial charge on any atom is -0.367 e. The lowest BCUT2D eigenvalue weighted by molar-refractivity contribution is -0.385. The fourth-order valence-electron chi connectivity index (χ4n) is 3.06. The van der Waals surface area contributed by atoms with E-state index in [2.05, 4.69) is 0 Å². The highest BCUT2D eigenvalue weighted by atomic mass is 16.6. The molecule has 3 rings (SSSR count). The number of hydrogen-bond acceptors (Lipinski definition) is 7. The monoisotopic (exact) mass is 381 g/mol. The van der Waals surface area contributed by atoms with Crippen molar-refractivity contribution in [3.8, 4) is 6.07 Å². The SMILES string of the molecule is N#Cc1cc([N+](=O)[O-])ccc1N1CCN(C(=O)c2ccc([N+](=O)[O-])cc2)CC1. The van der Waals surface area contributed by atoms with E-state index >= 15 is 0 Å². The van der Waals surface area contributed by atoms with E-state index < -0.39 is 9.85 Å². The van der Waals surface area contributed by atoms with Crippen molar-refractivity contribution in [1.82, 2.24) is 4.90 Å². The average molecular weight is 381 g/mol. The van der Waals surface area contributed by atoms with Crippen LogP contribution in [0.3, 0.4) is 0 Å². The van der Waals surface area contributed by atoms with Gasteiger partial charge in [0.15, 0.2) is 0 Å². The Balaban J connectivity index is 1.69. The van der Waals surface area contributed by atoms with E-state index in [0.29, 0.717) is 37.4 Å². The maximum atomic E-state index is 12.6. The standard InChI is InChI=1S/C18H15N5O5/c19-12-14-11-16(23(27)28)5-6-17(14)20-7-9-21(10-8-20)18(24)13-1-3-15(4-2-13)22(25)26/h1-6,11H,7-10H2. The van der Waals surface area contributed by atoms with Crippen LogP contribution >= 0.6 is 0 Å². The van der Waals surface area contributed by atoms with Crippen molar-refractivity contribution in [2.45, 2.75) is 0 Å². The molecule has 0 aromatic heterocycles. The summed E-state index contributed by atoms with van der Waals surface area (Å²) >= 11 is 0. The highest BCUT2D eigenvalue weighted by molar-refractivity contribution is 5.94. The topological polar surface area (TPSA) is 134 Å². The number of nitriles is 1. The predicted octanol–water partition coefficient (Wildman–Crippen LogP) is 2.34. The number of anilines is 1. The Morgan fingerprint density at radius 3 is 2.04 bits per heavy atom. The first-order valence-electron chi connectivity index (χ1n) is 8.38. The molecule has 2 aromatic carbocycles. The first-order valence-corrected chi connectivity index (χ1v) is 8.38. The van der Waals surface area contributed by atoms with Crippen LogP contribution in [0.25, 0.3) is 0 Å². The van der Waals surface area contributed by atoms with Gasteiger partial charge in [-0.15, -0.1) is 0 Å². The summed E-state index contributed by atoms with van der Waals surface area (Å²) < 4.78 is 0. The Labute approximate surface area is 159 Å². The molecule has 0 radical (unpaired) electrons. The molecule has 1 amide bonds. The molecule has 1 saturated heterocycles. The van der Waals surface area contributed by atoms with Gasteiger partial charge in [0, 0.05) is 56.0 Å². The fourth-order valence-corrected chi connectivity index (χ4v) is 3.06. The lowest BCUT2D eigenvalue weighted by Gasteiger charge is -2.36. The summed E-state index contributed by atoms with van der Waals surface area (Å²) in [5, 5.41) is 30.9. The third-order valence-corrected chi connectivity index (χ3v) is 4.54. The number of rotatable bonds is 4. The van der Waals surface area contributed by atoms with Crippen LogP contribution < -0.4 is 4.90 Å². The fraction of sp³-hybridized carbons (Fsp3) is 0.222. The smallest absolute Gasteiger partial charge is 0.270 e. The van der Waals surface area contributed by atoms with Gasteiger partial charge in [-0.05, 0) is 18.2 Å². The second-order valence-corrected chi connectivity index (χ2v) is 6.15. The van der Waals surface area contributed by atoms with Crippen molar-refractivity contribution in [2.24, 2.45) is 0 Å². The van der Waals surface area contributed by atoms with Gasteiger partial charge in [0.25, 0.3) is 17.3 Å². The molecule has 2 aromatic rings. The predicted molar refractivity (Wildman–Crippen MR) is 99.0 cm³/mol. The number of carbonyl (C=O) groups is 1. The summed E-state index contributed by atoms with van der Waals surface area (Å²) in [6, 6.07) is 11.6. The molecule has 10 heteroatoms.